The Labute approximate surface area is 178 Å². The Morgan fingerprint density at radius 1 is 1.07 bits per heavy atom. The zero-order valence-electron chi connectivity index (χ0n) is 17.2. The summed E-state index contributed by atoms with van der Waals surface area (Å²) in [7, 11) is 0. The summed E-state index contributed by atoms with van der Waals surface area (Å²) in [5.41, 5.74) is 0.669. The second-order valence-corrected chi connectivity index (χ2v) is 7.49. The van der Waals surface area contributed by atoms with Crippen molar-refractivity contribution in [2.75, 3.05) is 6.54 Å². The Kier molecular flexibility index (Phi) is 10.2. The number of hydrogen-bond acceptors (Lipinski definition) is 4. The standard InChI is InChI=1S/C22H29N3O3.ClH/c1-17(2)9-14-24-20(26)22(3,15-18-7-5-4-6-8-18)25-21(27)28-16-19-10-12-23-13-11-19;/h4-8,10-13,17H,9,14-16H2,1-3H3,(H,24,26)(H,25,27);1H/t22-;/m0./s1. The minimum absolute atomic E-state index is 0. The van der Waals surface area contributed by atoms with Gasteiger partial charge in [0.1, 0.15) is 12.1 Å². The van der Waals surface area contributed by atoms with E-state index in [1.165, 1.54) is 0 Å². The average molecular weight is 420 g/mol. The summed E-state index contributed by atoms with van der Waals surface area (Å²) in [6, 6.07) is 13.2. The van der Waals surface area contributed by atoms with Gasteiger partial charge < -0.3 is 15.4 Å². The molecule has 0 saturated heterocycles. The molecule has 1 aromatic heterocycles. The number of halogens is 1. The summed E-state index contributed by atoms with van der Waals surface area (Å²) < 4.78 is 5.30. The molecule has 0 aliphatic rings. The van der Waals surface area contributed by atoms with E-state index in [-0.39, 0.29) is 24.9 Å². The Morgan fingerprint density at radius 2 is 1.72 bits per heavy atom. The van der Waals surface area contributed by atoms with Crippen LogP contribution in [0.5, 0.6) is 0 Å². The number of benzene rings is 1. The SMILES string of the molecule is CC(C)CCNC(=O)[C@](C)(Cc1ccccc1)NC(=O)OCc1ccncc1.Cl. The second-order valence-electron chi connectivity index (χ2n) is 7.49. The number of alkyl carbamates (subject to hydrolysis) is 1. The van der Waals surface area contributed by atoms with E-state index in [0.717, 1.165) is 17.5 Å². The number of rotatable bonds is 9. The van der Waals surface area contributed by atoms with Crippen LogP contribution in [-0.4, -0.2) is 29.1 Å². The number of amides is 2. The minimum Gasteiger partial charge on any atom is -0.445 e. The largest absolute Gasteiger partial charge is 0.445 e. The average Bonchev–Trinajstić information content (AvgIpc) is 2.67. The third-order valence-corrected chi connectivity index (χ3v) is 4.41. The van der Waals surface area contributed by atoms with Crippen molar-refractivity contribution in [2.45, 2.75) is 45.8 Å². The lowest BCUT2D eigenvalue weighted by Gasteiger charge is -2.29. The number of carbonyl (C=O) groups excluding carboxylic acids is 2. The molecule has 2 N–H and O–H groups in total. The molecule has 29 heavy (non-hydrogen) atoms. The molecule has 0 fully saturated rings. The topological polar surface area (TPSA) is 80.3 Å². The number of carbonyl (C=O) groups is 2. The van der Waals surface area contributed by atoms with E-state index < -0.39 is 11.6 Å². The van der Waals surface area contributed by atoms with Crippen molar-refractivity contribution in [1.82, 2.24) is 15.6 Å². The molecule has 158 valence electrons. The van der Waals surface area contributed by atoms with Crippen LogP contribution in [0.3, 0.4) is 0 Å². The first-order valence-electron chi connectivity index (χ1n) is 9.55. The molecule has 7 heteroatoms. The van der Waals surface area contributed by atoms with Gasteiger partial charge in [-0.2, -0.15) is 0 Å². The first kappa shape index (κ1) is 24.4. The lowest BCUT2D eigenvalue weighted by atomic mass is 9.91. The van der Waals surface area contributed by atoms with Crippen LogP contribution in [0.4, 0.5) is 4.79 Å². The van der Waals surface area contributed by atoms with Gasteiger partial charge in [-0.1, -0.05) is 44.2 Å². The maximum atomic E-state index is 12.9. The van der Waals surface area contributed by atoms with Crippen LogP contribution in [0.1, 0.15) is 38.3 Å². The van der Waals surface area contributed by atoms with Crippen LogP contribution >= 0.6 is 12.4 Å². The fourth-order valence-corrected chi connectivity index (χ4v) is 2.74. The molecule has 0 bridgehead atoms. The van der Waals surface area contributed by atoms with Crippen molar-refractivity contribution >= 4 is 24.4 Å². The third-order valence-electron chi connectivity index (χ3n) is 4.41. The number of aromatic nitrogens is 1. The second kappa shape index (κ2) is 12.1. The van der Waals surface area contributed by atoms with E-state index in [0.29, 0.717) is 18.9 Å². The van der Waals surface area contributed by atoms with Gasteiger partial charge in [0.25, 0.3) is 0 Å². The van der Waals surface area contributed by atoms with Crippen LogP contribution < -0.4 is 10.6 Å². The molecule has 1 atom stereocenters. The molecular weight excluding hydrogens is 390 g/mol. The Hall–Kier alpha value is -2.60. The molecule has 0 aliphatic heterocycles. The molecule has 0 radical (unpaired) electrons. The normalized spacial score (nSPS) is 12.4. The van der Waals surface area contributed by atoms with Crippen molar-refractivity contribution in [3.8, 4) is 0 Å². The van der Waals surface area contributed by atoms with Crippen LogP contribution in [0.25, 0.3) is 0 Å². The summed E-state index contributed by atoms with van der Waals surface area (Å²) in [6.45, 7) is 6.60. The monoisotopic (exact) mass is 419 g/mol. The van der Waals surface area contributed by atoms with Gasteiger partial charge in [-0.25, -0.2) is 4.79 Å². The lowest BCUT2D eigenvalue weighted by Crippen LogP contribution is -2.58. The molecule has 0 aliphatic carbocycles. The van der Waals surface area contributed by atoms with Gasteiger partial charge in [0.05, 0.1) is 0 Å². The number of hydrogen-bond donors (Lipinski definition) is 2. The van der Waals surface area contributed by atoms with Gasteiger partial charge in [-0.05, 0) is 42.5 Å². The van der Waals surface area contributed by atoms with E-state index in [2.05, 4.69) is 29.5 Å². The van der Waals surface area contributed by atoms with Crippen LogP contribution in [0.2, 0.25) is 0 Å². The van der Waals surface area contributed by atoms with Crippen LogP contribution in [0.15, 0.2) is 54.9 Å². The number of nitrogens with zero attached hydrogens (tertiary/aromatic N) is 1. The van der Waals surface area contributed by atoms with Crippen molar-refractivity contribution in [3.05, 3.63) is 66.0 Å². The maximum Gasteiger partial charge on any atom is 0.408 e. The summed E-state index contributed by atoms with van der Waals surface area (Å²) in [5, 5.41) is 5.70. The summed E-state index contributed by atoms with van der Waals surface area (Å²) in [5.74, 6) is 0.261. The Balaban J connectivity index is 0.00000420. The summed E-state index contributed by atoms with van der Waals surface area (Å²) in [4.78, 5) is 29.2. The third kappa shape index (κ3) is 8.52. The highest BCUT2D eigenvalue weighted by molar-refractivity contribution is 5.89. The highest BCUT2D eigenvalue weighted by Crippen LogP contribution is 2.15. The minimum atomic E-state index is -1.12. The van der Waals surface area contributed by atoms with Gasteiger partial charge >= 0.3 is 6.09 Å². The fraction of sp³-hybridized carbons (Fsp3) is 0.409. The lowest BCUT2D eigenvalue weighted by molar-refractivity contribution is -0.126. The number of nitrogens with one attached hydrogen (secondary N) is 2. The number of ether oxygens (including phenoxy) is 1. The van der Waals surface area contributed by atoms with E-state index in [4.69, 9.17) is 4.74 Å². The highest BCUT2D eigenvalue weighted by Gasteiger charge is 2.35. The van der Waals surface area contributed by atoms with E-state index in [1.54, 1.807) is 31.5 Å². The van der Waals surface area contributed by atoms with E-state index in [9.17, 15) is 9.59 Å². The molecule has 2 aromatic rings. The quantitative estimate of drug-likeness (QED) is 0.646. The van der Waals surface area contributed by atoms with Crippen molar-refractivity contribution in [3.63, 3.8) is 0 Å². The molecular formula is C22H30ClN3O3. The molecule has 2 rings (SSSR count). The molecule has 0 spiro atoms. The summed E-state index contributed by atoms with van der Waals surface area (Å²) in [6.07, 6.45) is 3.89. The summed E-state index contributed by atoms with van der Waals surface area (Å²) >= 11 is 0. The van der Waals surface area contributed by atoms with Gasteiger partial charge in [0.15, 0.2) is 0 Å². The first-order chi connectivity index (χ1) is 13.4. The smallest absolute Gasteiger partial charge is 0.408 e. The highest BCUT2D eigenvalue weighted by atomic mass is 35.5. The van der Waals surface area contributed by atoms with Crippen LogP contribution in [0, 0.1) is 5.92 Å². The van der Waals surface area contributed by atoms with Gasteiger partial charge in [-0.15, -0.1) is 12.4 Å². The zero-order valence-corrected chi connectivity index (χ0v) is 18.0. The van der Waals surface area contributed by atoms with Gasteiger partial charge in [-0.3, -0.25) is 9.78 Å². The molecule has 6 nitrogen and oxygen atoms in total. The van der Waals surface area contributed by atoms with Crippen molar-refractivity contribution in [1.29, 1.82) is 0 Å². The maximum absolute atomic E-state index is 12.9. The van der Waals surface area contributed by atoms with E-state index in [1.807, 2.05) is 30.3 Å². The first-order valence-corrected chi connectivity index (χ1v) is 9.55. The molecule has 1 heterocycles. The van der Waals surface area contributed by atoms with Gasteiger partial charge in [0, 0.05) is 25.4 Å². The fourth-order valence-electron chi connectivity index (χ4n) is 2.74. The van der Waals surface area contributed by atoms with Gasteiger partial charge in [0.2, 0.25) is 5.91 Å². The predicted molar refractivity (Wildman–Crippen MR) is 116 cm³/mol. The van der Waals surface area contributed by atoms with E-state index >= 15 is 0 Å². The molecule has 0 saturated carbocycles. The Bertz CT molecular complexity index is 756. The zero-order chi connectivity index (χ0) is 20.4. The molecule has 1 aromatic carbocycles. The van der Waals surface area contributed by atoms with Crippen molar-refractivity contribution < 1.29 is 14.3 Å². The van der Waals surface area contributed by atoms with Crippen molar-refractivity contribution in [2.24, 2.45) is 5.92 Å². The molecule has 2 amide bonds. The predicted octanol–water partition coefficient (Wildman–Crippen LogP) is 3.89. The molecule has 0 unspecified atom stereocenters. The number of pyridine rings is 1. The Morgan fingerprint density at radius 3 is 2.34 bits per heavy atom. The van der Waals surface area contributed by atoms with Crippen LogP contribution in [-0.2, 0) is 22.6 Å².